The molecule has 15 heavy (non-hydrogen) atoms. The number of hydrogen-bond acceptors (Lipinski definition) is 0. The van der Waals surface area contributed by atoms with Gasteiger partial charge in [0.1, 0.15) is 0 Å². The maximum absolute atomic E-state index is 3.93. The zero-order valence-corrected chi connectivity index (χ0v) is 10.2. The third-order valence-electron chi connectivity index (χ3n) is 2.95. The van der Waals surface area contributed by atoms with Gasteiger partial charge in [0.25, 0.3) is 0 Å². The summed E-state index contributed by atoms with van der Waals surface area (Å²) in [6, 6.07) is 6.77. The highest BCUT2D eigenvalue weighted by Gasteiger charge is 2.05. The van der Waals surface area contributed by atoms with Crippen LogP contribution in [0.4, 0.5) is 0 Å². The van der Waals surface area contributed by atoms with Crippen LogP contribution in [-0.4, -0.2) is 0 Å². The molecule has 1 radical (unpaired) electrons. The number of unbranched alkanes of at least 4 members (excludes halogenated alkanes) is 1. The molecule has 0 aliphatic rings. The average Bonchev–Trinajstić information content (AvgIpc) is 2.27. The molecule has 0 saturated carbocycles. The number of aryl methyl sites for hydroxylation is 2. The van der Waals surface area contributed by atoms with Crippen LogP contribution in [0.3, 0.4) is 0 Å². The quantitative estimate of drug-likeness (QED) is 0.644. The van der Waals surface area contributed by atoms with Gasteiger partial charge >= 0.3 is 0 Å². The van der Waals surface area contributed by atoms with Crippen LogP contribution in [0, 0.1) is 6.92 Å². The van der Waals surface area contributed by atoms with E-state index in [1.54, 1.807) is 11.1 Å². The standard InChI is InChI=1S/C15H23/c1-4-7-12-15-13(6-3)10-8-11-14(15)9-5-2/h8,10-11H,1,4-7,9,12H2,2-3H3. The zero-order valence-electron chi connectivity index (χ0n) is 10.2. The predicted octanol–water partition coefficient (Wildman–Crippen LogP) is 4.36. The third-order valence-corrected chi connectivity index (χ3v) is 2.95. The Morgan fingerprint density at radius 1 is 1.07 bits per heavy atom. The SMILES string of the molecule is [CH2]CCCc1c(CC)cccc1CCC. The lowest BCUT2D eigenvalue weighted by Crippen LogP contribution is -1.99. The Labute approximate surface area is 94.7 Å². The summed E-state index contributed by atoms with van der Waals surface area (Å²) in [5, 5.41) is 0. The van der Waals surface area contributed by atoms with Crippen molar-refractivity contribution in [3.05, 3.63) is 41.8 Å². The van der Waals surface area contributed by atoms with E-state index in [1.165, 1.54) is 31.2 Å². The molecule has 0 heteroatoms. The largest absolute Gasteiger partial charge is 0.0651 e. The van der Waals surface area contributed by atoms with E-state index in [9.17, 15) is 0 Å². The highest BCUT2D eigenvalue weighted by atomic mass is 14.1. The molecule has 0 aliphatic carbocycles. The molecule has 0 N–H and O–H groups in total. The van der Waals surface area contributed by atoms with Crippen LogP contribution in [0.1, 0.15) is 49.8 Å². The Morgan fingerprint density at radius 3 is 2.40 bits per heavy atom. The van der Waals surface area contributed by atoms with Crippen LogP contribution in [0.2, 0.25) is 0 Å². The van der Waals surface area contributed by atoms with Gasteiger partial charge in [-0.3, -0.25) is 0 Å². The molecule has 0 fully saturated rings. The van der Waals surface area contributed by atoms with Crippen LogP contribution < -0.4 is 0 Å². The molecule has 0 aliphatic heterocycles. The number of benzene rings is 1. The fourth-order valence-corrected chi connectivity index (χ4v) is 2.15. The van der Waals surface area contributed by atoms with Crippen molar-refractivity contribution >= 4 is 0 Å². The van der Waals surface area contributed by atoms with E-state index in [-0.39, 0.29) is 0 Å². The van der Waals surface area contributed by atoms with Crippen molar-refractivity contribution in [3.8, 4) is 0 Å². The minimum absolute atomic E-state index is 1.05. The first-order chi connectivity index (χ1) is 7.33. The van der Waals surface area contributed by atoms with Crippen molar-refractivity contribution in [1.82, 2.24) is 0 Å². The lowest BCUT2D eigenvalue weighted by molar-refractivity contribution is 0.803. The lowest BCUT2D eigenvalue weighted by Gasteiger charge is -2.13. The van der Waals surface area contributed by atoms with Crippen LogP contribution >= 0.6 is 0 Å². The van der Waals surface area contributed by atoms with Gasteiger partial charge in [0.15, 0.2) is 0 Å². The normalized spacial score (nSPS) is 10.6. The first kappa shape index (κ1) is 12.3. The summed E-state index contributed by atoms with van der Waals surface area (Å²) in [6.45, 7) is 8.43. The van der Waals surface area contributed by atoms with Gasteiger partial charge in [-0.05, 0) is 42.4 Å². The van der Waals surface area contributed by atoms with E-state index in [0.717, 1.165) is 12.8 Å². The second kappa shape index (κ2) is 6.66. The Bertz CT molecular complexity index is 286. The highest BCUT2D eigenvalue weighted by molar-refractivity contribution is 5.35. The molecule has 0 bridgehead atoms. The summed E-state index contributed by atoms with van der Waals surface area (Å²) >= 11 is 0. The van der Waals surface area contributed by atoms with Crippen LogP contribution in [-0.2, 0) is 19.3 Å². The smallest absolute Gasteiger partial charge is 0.0273 e. The summed E-state index contributed by atoms with van der Waals surface area (Å²) in [7, 11) is 0. The zero-order chi connectivity index (χ0) is 11.1. The monoisotopic (exact) mass is 203 g/mol. The van der Waals surface area contributed by atoms with E-state index in [0.29, 0.717) is 0 Å². The molecule has 83 valence electrons. The Morgan fingerprint density at radius 2 is 1.80 bits per heavy atom. The van der Waals surface area contributed by atoms with Gasteiger partial charge in [-0.1, -0.05) is 51.8 Å². The molecule has 0 heterocycles. The van der Waals surface area contributed by atoms with Crippen LogP contribution in [0.15, 0.2) is 18.2 Å². The first-order valence-electron chi connectivity index (χ1n) is 6.22. The minimum Gasteiger partial charge on any atom is -0.0651 e. The fraction of sp³-hybridized carbons (Fsp3) is 0.533. The predicted molar refractivity (Wildman–Crippen MR) is 68.1 cm³/mol. The van der Waals surface area contributed by atoms with Gasteiger partial charge in [0, 0.05) is 0 Å². The second-order valence-electron chi connectivity index (χ2n) is 4.12. The van der Waals surface area contributed by atoms with Gasteiger partial charge in [-0.2, -0.15) is 0 Å². The van der Waals surface area contributed by atoms with Crippen molar-refractivity contribution in [2.45, 2.75) is 52.4 Å². The van der Waals surface area contributed by atoms with E-state index >= 15 is 0 Å². The molecule has 0 atom stereocenters. The third kappa shape index (κ3) is 3.37. The summed E-state index contributed by atoms with van der Waals surface area (Å²) in [4.78, 5) is 0. The van der Waals surface area contributed by atoms with Crippen molar-refractivity contribution in [2.75, 3.05) is 0 Å². The lowest BCUT2D eigenvalue weighted by atomic mass is 9.93. The van der Waals surface area contributed by atoms with Gasteiger partial charge in [-0.15, -0.1) is 0 Å². The molecule has 0 spiro atoms. The molecule has 1 aromatic carbocycles. The minimum atomic E-state index is 1.05. The molecule has 1 aromatic rings. The number of hydrogen-bond donors (Lipinski definition) is 0. The first-order valence-corrected chi connectivity index (χ1v) is 6.22. The van der Waals surface area contributed by atoms with Gasteiger partial charge in [0.2, 0.25) is 0 Å². The molecule has 0 unspecified atom stereocenters. The van der Waals surface area contributed by atoms with E-state index < -0.39 is 0 Å². The van der Waals surface area contributed by atoms with Crippen molar-refractivity contribution < 1.29 is 0 Å². The Balaban J connectivity index is 2.92. The van der Waals surface area contributed by atoms with E-state index in [1.807, 2.05) is 0 Å². The molecule has 0 saturated heterocycles. The van der Waals surface area contributed by atoms with Gasteiger partial charge < -0.3 is 0 Å². The maximum Gasteiger partial charge on any atom is -0.0273 e. The Hall–Kier alpha value is -0.780. The second-order valence-corrected chi connectivity index (χ2v) is 4.12. The molecule has 0 aromatic heterocycles. The Kier molecular flexibility index (Phi) is 5.45. The highest BCUT2D eigenvalue weighted by Crippen LogP contribution is 2.19. The fourth-order valence-electron chi connectivity index (χ4n) is 2.15. The number of rotatable bonds is 6. The van der Waals surface area contributed by atoms with Gasteiger partial charge in [0.05, 0.1) is 0 Å². The van der Waals surface area contributed by atoms with Crippen molar-refractivity contribution in [2.24, 2.45) is 0 Å². The molecule has 0 amide bonds. The average molecular weight is 203 g/mol. The van der Waals surface area contributed by atoms with E-state index in [4.69, 9.17) is 0 Å². The summed E-state index contributed by atoms with van der Waals surface area (Å²) in [5.41, 5.74) is 4.70. The van der Waals surface area contributed by atoms with Crippen molar-refractivity contribution in [1.29, 1.82) is 0 Å². The molecular formula is C15H23. The van der Waals surface area contributed by atoms with E-state index in [2.05, 4.69) is 39.0 Å². The summed E-state index contributed by atoms with van der Waals surface area (Å²) < 4.78 is 0. The molecular weight excluding hydrogens is 180 g/mol. The molecule has 1 rings (SSSR count). The topological polar surface area (TPSA) is 0 Å². The summed E-state index contributed by atoms with van der Waals surface area (Å²) in [5.74, 6) is 0. The van der Waals surface area contributed by atoms with Crippen molar-refractivity contribution in [3.63, 3.8) is 0 Å². The maximum atomic E-state index is 3.93. The van der Waals surface area contributed by atoms with Crippen LogP contribution in [0.5, 0.6) is 0 Å². The molecule has 0 nitrogen and oxygen atoms in total. The summed E-state index contributed by atoms with van der Waals surface area (Å²) in [6.07, 6.45) is 7.09. The van der Waals surface area contributed by atoms with Gasteiger partial charge in [-0.25, -0.2) is 0 Å². The van der Waals surface area contributed by atoms with Crippen LogP contribution in [0.25, 0.3) is 0 Å².